The Morgan fingerprint density at radius 2 is 1.79 bits per heavy atom. The average Bonchev–Trinajstić information content (AvgIpc) is 2.60. The summed E-state index contributed by atoms with van der Waals surface area (Å²) in [5.74, 6) is -0.567. The van der Waals surface area contributed by atoms with Gasteiger partial charge in [0.25, 0.3) is 0 Å². The molecular weight excluding hydrogens is 267 g/mol. The van der Waals surface area contributed by atoms with Gasteiger partial charge >= 0.3 is 0 Å². The zero-order chi connectivity index (χ0) is 13.5. The van der Waals surface area contributed by atoms with Gasteiger partial charge in [0, 0.05) is 6.07 Å². The van der Waals surface area contributed by atoms with Crippen LogP contribution in [-0.4, -0.2) is 11.4 Å². The summed E-state index contributed by atoms with van der Waals surface area (Å²) < 4.78 is 13.4. The lowest BCUT2D eigenvalue weighted by atomic mass is 9.87. The molecule has 1 fully saturated rings. The molecular formula is C14H16ClFN2O. The second-order valence-corrected chi connectivity index (χ2v) is 5.79. The first-order valence-corrected chi connectivity index (χ1v) is 7.07. The van der Waals surface area contributed by atoms with Gasteiger partial charge in [0.15, 0.2) is 0 Å². The van der Waals surface area contributed by atoms with Crippen LogP contribution in [-0.2, 0) is 4.79 Å². The van der Waals surface area contributed by atoms with Crippen LogP contribution < -0.4 is 10.6 Å². The maximum atomic E-state index is 13.4. The molecule has 1 spiro atoms. The third-order valence-electron chi connectivity index (χ3n) is 4.07. The van der Waals surface area contributed by atoms with Gasteiger partial charge in [-0.1, -0.05) is 37.3 Å². The number of carbonyl (C=O) groups is 1. The highest BCUT2D eigenvalue weighted by molar-refractivity contribution is 6.31. The monoisotopic (exact) mass is 282 g/mol. The van der Waals surface area contributed by atoms with E-state index in [2.05, 4.69) is 10.6 Å². The van der Waals surface area contributed by atoms with E-state index in [4.69, 9.17) is 11.6 Å². The first-order valence-electron chi connectivity index (χ1n) is 6.69. The lowest BCUT2D eigenvalue weighted by Gasteiger charge is -2.38. The summed E-state index contributed by atoms with van der Waals surface area (Å²) in [6.45, 7) is 0. The van der Waals surface area contributed by atoms with Gasteiger partial charge in [0.2, 0.25) is 5.91 Å². The van der Waals surface area contributed by atoms with Crippen LogP contribution >= 0.6 is 11.6 Å². The Hall–Kier alpha value is -1.29. The van der Waals surface area contributed by atoms with Gasteiger partial charge in [-0.25, -0.2) is 4.39 Å². The molecule has 19 heavy (non-hydrogen) atoms. The van der Waals surface area contributed by atoms with E-state index in [1.165, 1.54) is 6.07 Å². The number of anilines is 2. The molecule has 0 atom stereocenters. The first-order chi connectivity index (χ1) is 9.11. The van der Waals surface area contributed by atoms with Crippen molar-refractivity contribution in [1.29, 1.82) is 0 Å². The van der Waals surface area contributed by atoms with E-state index < -0.39 is 11.4 Å². The van der Waals surface area contributed by atoms with Crippen molar-refractivity contribution in [3.8, 4) is 0 Å². The van der Waals surface area contributed by atoms with Crippen molar-refractivity contribution in [2.24, 2.45) is 0 Å². The number of amides is 1. The van der Waals surface area contributed by atoms with Crippen LogP contribution in [0.4, 0.5) is 15.8 Å². The second-order valence-electron chi connectivity index (χ2n) is 5.39. The van der Waals surface area contributed by atoms with E-state index >= 15 is 0 Å². The second kappa shape index (κ2) is 4.67. The Morgan fingerprint density at radius 3 is 2.47 bits per heavy atom. The topological polar surface area (TPSA) is 41.1 Å². The SMILES string of the molecule is O=C1Nc2cc(F)c(Cl)cc2NC12CCCCCC2. The van der Waals surface area contributed by atoms with Crippen LogP contribution in [0.3, 0.4) is 0 Å². The molecule has 1 aromatic rings. The minimum absolute atomic E-state index is 0.0522. The van der Waals surface area contributed by atoms with E-state index in [9.17, 15) is 9.18 Å². The molecule has 0 aromatic heterocycles. The van der Waals surface area contributed by atoms with Gasteiger partial charge < -0.3 is 10.6 Å². The molecule has 0 bridgehead atoms. The van der Waals surface area contributed by atoms with Crippen LogP contribution in [0, 0.1) is 5.82 Å². The van der Waals surface area contributed by atoms with Crippen LogP contribution in [0.25, 0.3) is 0 Å². The summed E-state index contributed by atoms with van der Waals surface area (Å²) in [6.07, 6.45) is 6.01. The summed E-state index contributed by atoms with van der Waals surface area (Å²) >= 11 is 5.81. The molecule has 0 radical (unpaired) electrons. The van der Waals surface area contributed by atoms with Crippen LogP contribution in [0.2, 0.25) is 5.02 Å². The van der Waals surface area contributed by atoms with Gasteiger partial charge in [-0.2, -0.15) is 0 Å². The van der Waals surface area contributed by atoms with Crippen molar-refractivity contribution in [3.63, 3.8) is 0 Å². The minimum atomic E-state index is -0.551. The molecule has 1 aromatic carbocycles. The summed E-state index contributed by atoms with van der Waals surface area (Å²) in [5.41, 5.74) is 0.639. The number of benzene rings is 1. The van der Waals surface area contributed by atoms with Crippen molar-refractivity contribution in [3.05, 3.63) is 23.0 Å². The summed E-state index contributed by atoms with van der Waals surface area (Å²) in [6, 6.07) is 2.82. The molecule has 0 unspecified atom stereocenters. The van der Waals surface area contributed by atoms with Crippen molar-refractivity contribution in [2.75, 3.05) is 10.6 Å². The molecule has 0 saturated heterocycles. The Kier molecular flexibility index (Phi) is 3.13. The highest BCUT2D eigenvalue weighted by Crippen LogP contribution is 2.40. The number of carbonyl (C=O) groups excluding carboxylic acids is 1. The van der Waals surface area contributed by atoms with E-state index in [0.717, 1.165) is 38.5 Å². The van der Waals surface area contributed by atoms with Gasteiger partial charge in [0.05, 0.1) is 16.4 Å². The third kappa shape index (κ3) is 2.18. The maximum Gasteiger partial charge on any atom is 0.250 e. The van der Waals surface area contributed by atoms with Crippen molar-refractivity contribution >= 4 is 28.9 Å². The normalized spacial score (nSPS) is 21.3. The quantitative estimate of drug-likeness (QED) is 0.757. The standard InChI is InChI=1S/C14H16ClFN2O/c15-9-7-12-11(8-10(9)16)17-13(19)14(18-12)5-3-1-2-4-6-14/h7-8,18H,1-6H2,(H,17,19). The number of hydrogen-bond acceptors (Lipinski definition) is 2. The maximum absolute atomic E-state index is 13.4. The molecule has 102 valence electrons. The van der Waals surface area contributed by atoms with E-state index in [1.54, 1.807) is 6.07 Å². The van der Waals surface area contributed by atoms with Gasteiger partial charge in [0.1, 0.15) is 11.4 Å². The zero-order valence-corrected chi connectivity index (χ0v) is 11.3. The fourth-order valence-electron chi connectivity index (χ4n) is 2.99. The Balaban J connectivity index is 1.98. The van der Waals surface area contributed by atoms with Crippen LogP contribution in [0.15, 0.2) is 12.1 Å². The predicted molar refractivity (Wildman–Crippen MR) is 74.1 cm³/mol. The van der Waals surface area contributed by atoms with Gasteiger partial charge in [-0.15, -0.1) is 0 Å². The first kappa shape index (κ1) is 12.7. The highest BCUT2D eigenvalue weighted by atomic mass is 35.5. The zero-order valence-electron chi connectivity index (χ0n) is 10.6. The molecule has 1 saturated carbocycles. The molecule has 3 nitrogen and oxygen atoms in total. The van der Waals surface area contributed by atoms with E-state index in [1.807, 2.05) is 0 Å². The smallest absolute Gasteiger partial charge is 0.250 e. The lowest BCUT2D eigenvalue weighted by Crippen LogP contribution is -2.52. The number of fused-ring (bicyclic) bond motifs is 1. The molecule has 1 aliphatic carbocycles. The van der Waals surface area contributed by atoms with Crippen LogP contribution in [0.1, 0.15) is 38.5 Å². The molecule has 3 rings (SSSR count). The molecule has 5 heteroatoms. The Bertz CT molecular complexity index is 524. The highest BCUT2D eigenvalue weighted by Gasteiger charge is 2.42. The minimum Gasteiger partial charge on any atom is -0.369 e. The van der Waals surface area contributed by atoms with E-state index in [0.29, 0.717) is 11.4 Å². The van der Waals surface area contributed by atoms with E-state index in [-0.39, 0.29) is 10.9 Å². The average molecular weight is 283 g/mol. The summed E-state index contributed by atoms with van der Waals surface area (Å²) in [7, 11) is 0. The number of nitrogens with one attached hydrogen (secondary N) is 2. The molecule has 1 heterocycles. The molecule has 1 aliphatic heterocycles. The largest absolute Gasteiger partial charge is 0.369 e. The fraction of sp³-hybridized carbons (Fsp3) is 0.500. The number of hydrogen-bond donors (Lipinski definition) is 2. The van der Waals surface area contributed by atoms with Crippen molar-refractivity contribution < 1.29 is 9.18 Å². The summed E-state index contributed by atoms with van der Waals surface area (Å²) in [5, 5.41) is 6.20. The lowest BCUT2D eigenvalue weighted by molar-refractivity contribution is -0.121. The van der Waals surface area contributed by atoms with Crippen molar-refractivity contribution in [2.45, 2.75) is 44.1 Å². The predicted octanol–water partition coefficient (Wildman–Crippen LogP) is 3.94. The summed E-state index contributed by atoms with van der Waals surface area (Å²) in [4.78, 5) is 12.4. The molecule has 2 N–H and O–H groups in total. The van der Waals surface area contributed by atoms with Crippen molar-refractivity contribution in [1.82, 2.24) is 0 Å². The third-order valence-corrected chi connectivity index (χ3v) is 4.36. The molecule has 2 aliphatic rings. The van der Waals surface area contributed by atoms with Gasteiger partial charge in [-0.3, -0.25) is 4.79 Å². The number of rotatable bonds is 0. The Labute approximate surface area is 116 Å². The molecule has 1 amide bonds. The number of halogens is 2. The van der Waals surface area contributed by atoms with Crippen LogP contribution in [0.5, 0.6) is 0 Å². The van der Waals surface area contributed by atoms with Gasteiger partial charge in [-0.05, 0) is 18.9 Å². The Morgan fingerprint density at radius 1 is 1.11 bits per heavy atom. The fourth-order valence-corrected chi connectivity index (χ4v) is 3.16.